The Balaban J connectivity index is 0.00000400. The summed E-state index contributed by atoms with van der Waals surface area (Å²) in [6.07, 6.45) is 13.1. The maximum Gasteiger partial charge on any atom is 2.00 e. The Morgan fingerprint density at radius 3 is 1.11 bits per heavy atom. The summed E-state index contributed by atoms with van der Waals surface area (Å²) >= 11 is 0. The summed E-state index contributed by atoms with van der Waals surface area (Å²) in [5.74, 6) is 0. The molecule has 0 N–H and O–H groups in total. The van der Waals surface area contributed by atoms with Crippen molar-refractivity contribution in [3.8, 4) is 0 Å². The molecule has 53 heavy (non-hydrogen) atoms. The molecule has 0 radical (unpaired) electrons. The smallest absolute Gasteiger partial charge is 0.657 e. The first-order valence-corrected chi connectivity index (χ1v) is 18.0. The second-order valence-corrected chi connectivity index (χ2v) is 14.1. The van der Waals surface area contributed by atoms with E-state index in [1.165, 1.54) is 22.3 Å². The van der Waals surface area contributed by atoms with Crippen molar-refractivity contribution in [3.63, 3.8) is 0 Å². The van der Waals surface area contributed by atoms with Crippen molar-refractivity contribution in [1.29, 1.82) is 0 Å². The van der Waals surface area contributed by atoms with Crippen LogP contribution in [0.1, 0.15) is 44.5 Å². The second kappa shape index (κ2) is 14.1. The average Bonchev–Trinajstić information content (AvgIpc) is 3.99. The summed E-state index contributed by atoms with van der Waals surface area (Å²) in [6, 6.07) is 38.6. The SMILES string of the molecule is Cc1ccc(C2=C3C=CC(=N3)C(c3ccc(C)cc3)=c3ccc([n-]3)=C(c3ccc(C)cc3)C3=NC(=C(c4ccc(C)cc4)C4C=CC2[N-]4)C=C3)cc1.[Ni+2]. The van der Waals surface area contributed by atoms with Gasteiger partial charge < -0.3 is 10.3 Å². The van der Waals surface area contributed by atoms with Crippen LogP contribution >= 0.6 is 0 Å². The first kappa shape index (κ1) is 34.5. The van der Waals surface area contributed by atoms with Crippen LogP contribution in [-0.2, 0) is 16.5 Å². The molecular formula is C48H38N4Ni. The van der Waals surface area contributed by atoms with E-state index >= 15 is 0 Å². The van der Waals surface area contributed by atoms with Crippen LogP contribution in [0.2, 0.25) is 0 Å². The molecule has 0 spiro atoms. The van der Waals surface area contributed by atoms with Gasteiger partial charge in [-0.05, 0) is 96.5 Å². The Kier molecular flexibility index (Phi) is 9.16. The van der Waals surface area contributed by atoms with E-state index < -0.39 is 0 Å². The zero-order chi connectivity index (χ0) is 35.3. The van der Waals surface area contributed by atoms with Gasteiger partial charge in [0.2, 0.25) is 0 Å². The van der Waals surface area contributed by atoms with Gasteiger partial charge in [-0.1, -0.05) is 144 Å². The van der Waals surface area contributed by atoms with Crippen LogP contribution in [0, 0.1) is 27.7 Å². The molecule has 5 heterocycles. The molecule has 0 fully saturated rings. The number of aliphatic imine (C=N–C) groups is 2. The van der Waals surface area contributed by atoms with Gasteiger partial charge in [-0.3, -0.25) is 0 Å². The summed E-state index contributed by atoms with van der Waals surface area (Å²) in [7, 11) is 0. The first-order chi connectivity index (χ1) is 25.4. The maximum atomic E-state index is 5.54. The number of benzene rings is 4. The van der Waals surface area contributed by atoms with Crippen molar-refractivity contribution in [2.45, 2.75) is 39.8 Å². The molecule has 4 aliphatic rings. The molecule has 2 unspecified atom stereocenters. The predicted octanol–water partition coefficient (Wildman–Crippen LogP) is 8.81. The van der Waals surface area contributed by atoms with E-state index in [0.29, 0.717) is 0 Å². The third-order valence-corrected chi connectivity index (χ3v) is 10.3. The van der Waals surface area contributed by atoms with Gasteiger partial charge in [0.15, 0.2) is 0 Å². The fourth-order valence-corrected chi connectivity index (χ4v) is 7.47. The van der Waals surface area contributed by atoms with Crippen molar-refractivity contribution in [2.24, 2.45) is 9.98 Å². The Hall–Kier alpha value is -5.61. The van der Waals surface area contributed by atoms with E-state index in [0.717, 1.165) is 78.1 Å². The number of aryl methyl sites for hydroxylation is 4. The molecule has 260 valence electrons. The molecule has 0 saturated carbocycles. The fourth-order valence-electron chi connectivity index (χ4n) is 7.47. The number of allylic oxidation sites excluding steroid dienone is 4. The minimum Gasteiger partial charge on any atom is -0.657 e. The fraction of sp³-hybridized carbons (Fsp3) is 0.125. The normalized spacial score (nSPS) is 18.9. The number of hydrogen-bond donors (Lipinski definition) is 0. The average molecular weight is 730 g/mol. The van der Waals surface area contributed by atoms with Crippen molar-refractivity contribution in [3.05, 3.63) is 218 Å². The van der Waals surface area contributed by atoms with Crippen LogP contribution in [0.5, 0.6) is 0 Å². The van der Waals surface area contributed by atoms with Crippen LogP contribution in [0.3, 0.4) is 0 Å². The molecule has 4 nitrogen and oxygen atoms in total. The van der Waals surface area contributed by atoms with Gasteiger partial charge in [-0.15, -0.1) is 22.9 Å². The van der Waals surface area contributed by atoms with Crippen LogP contribution < -0.4 is 15.7 Å². The number of aromatic nitrogens is 1. The molecule has 1 aromatic heterocycles. The molecule has 9 rings (SSSR count). The van der Waals surface area contributed by atoms with Gasteiger partial charge in [-0.25, -0.2) is 9.98 Å². The van der Waals surface area contributed by atoms with Crippen LogP contribution in [0.4, 0.5) is 0 Å². The number of hydrogen-bond acceptors (Lipinski definition) is 2. The van der Waals surface area contributed by atoms with Crippen LogP contribution in [0.25, 0.3) is 27.6 Å². The number of fused-ring (bicyclic) bond motifs is 6. The van der Waals surface area contributed by atoms with Crippen LogP contribution in [0.15, 0.2) is 167 Å². The van der Waals surface area contributed by atoms with Gasteiger partial charge in [-0.2, -0.15) is 0 Å². The Bertz CT molecular complexity index is 2410. The molecule has 5 aromatic rings. The van der Waals surface area contributed by atoms with Gasteiger partial charge in [0, 0.05) is 0 Å². The van der Waals surface area contributed by atoms with Crippen molar-refractivity contribution >= 4 is 33.7 Å². The largest absolute Gasteiger partial charge is 2.00 e. The third kappa shape index (κ3) is 6.52. The van der Waals surface area contributed by atoms with Gasteiger partial charge in [0.05, 0.1) is 22.8 Å². The van der Waals surface area contributed by atoms with Crippen molar-refractivity contribution in [1.82, 2.24) is 4.98 Å². The molecular weight excluding hydrogens is 691 g/mol. The van der Waals surface area contributed by atoms with Crippen LogP contribution in [-0.4, -0.2) is 23.5 Å². The quantitative estimate of drug-likeness (QED) is 0.135. The summed E-state index contributed by atoms with van der Waals surface area (Å²) in [5.41, 5.74) is 17.0. The molecule has 0 amide bonds. The summed E-state index contributed by atoms with van der Waals surface area (Å²) in [4.78, 5) is 16.2. The molecule has 2 atom stereocenters. The molecule has 0 saturated heterocycles. The van der Waals surface area contributed by atoms with E-state index in [1.807, 2.05) is 0 Å². The molecule has 0 aliphatic carbocycles. The molecule has 4 aliphatic heterocycles. The summed E-state index contributed by atoms with van der Waals surface area (Å²) in [5, 5.41) is 7.29. The predicted molar refractivity (Wildman–Crippen MR) is 216 cm³/mol. The third-order valence-electron chi connectivity index (χ3n) is 10.3. The Labute approximate surface area is 321 Å². The molecule has 4 aromatic carbocycles. The monoisotopic (exact) mass is 728 g/mol. The standard InChI is InChI=1S/C48H38N4.Ni/c1-29-5-13-33(14-6-29)45-37-21-23-39(49-37)46(34-15-7-30(2)8-16-34)41-25-27-43(51-41)48(36-19-11-32(4)12-20-36)44-28-26-42(52-44)47(40-24-22-38(45)50-40)35-17-9-31(3)10-18-35;/h5-28,37,39H,1-4H3;/q-2;+2. The van der Waals surface area contributed by atoms with E-state index in [9.17, 15) is 0 Å². The second-order valence-electron chi connectivity index (χ2n) is 14.1. The molecule has 8 bridgehead atoms. The summed E-state index contributed by atoms with van der Waals surface area (Å²) in [6.45, 7) is 8.48. The first-order valence-electron chi connectivity index (χ1n) is 18.0. The van der Waals surface area contributed by atoms with Gasteiger partial charge in [0.25, 0.3) is 0 Å². The zero-order valence-electron chi connectivity index (χ0n) is 30.1. The molecule has 5 heteroatoms. The zero-order valence-corrected chi connectivity index (χ0v) is 31.1. The van der Waals surface area contributed by atoms with Crippen molar-refractivity contribution < 1.29 is 16.5 Å². The van der Waals surface area contributed by atoms with E-state index in [2.05, 4.69) is 173 Å². The van der Waals surface area contributed by atoms with E-state index in [1.54, 1.807) is 0 Å². The van der Waals surface area contributed by atoms with E-state index in [4.69, 9.17) is 20.3 Å². The Morgan fingerprint density at radius 1 is 0.415 bits per heavy atom. The summed E-state index contributed by atoms with van der Waals surface area (Å²) < 4.78 is 0. The Morgan fingerprint density at radius 2 is 0.755 bits per heavy atom. The van der Waals surface area contributed by atoms with Gasteiger partial charge in [0.1, 0.15) is 0 Å². The van der Waals surface area contributed by atoms with Crippen molar-refractivity contribution in [2.75, 3.05) is 0 Å². The maximum absolute atomic E-state index is 5.54. The van der Waals surface area contributed by atoms with Gasteiger partial charge >= 0.3 is 16.5 Å². The topological polar surface area (TPSA) is 52.9 Å². The minimum atomic E-state index is -0.195. The minimum absolute atomic E-state index is 0. The number of nitrogens with zero attached hydrogens (tertiary/aromatic N) is 4. The van der Waals surface area contributed by atoms with E-state index in [-0.39, 0.29) is 28.6 Å². The number of rotatable bonds is 4.